The summed E-state index contributed by atoms with van der Waals surface area (Å²) in [5.41, 5.74) is 1.76. The van der Waals surface area contributed by atoms with Crippen LogP contribution in [-0.4, -0.2) is 23.2 Å². The van der Waals surface area contributed by atoms with Gasteiger partial charge in [-0.1, -0.05) is 30.3 Å². The Kier molecular flexibility index (Phi) is 4.09. The number of rotatable bonds is 5. The molecule has 2 rings (SSSR count). The zero-order chi connectivity index (χ0) is 12.8. The molecule has 5 heteroatoms. The first-order valence-electron chi connectivity index (χ1n) is 5.64. The monoisotopic (exact) mass is 245 g/mol. The molecule has 0 bridgehead atoms. The van der Waals surface area contributed by atoms with Crippen LogP contribution in [0.4, 0.5) is 0 Å². The van der Waals surface area contributed by atoms with Gasteiger partial charge in [-0.2, -0.15) is 5.10 Å². The predicted molar refractivity (Wildman–Crippen MR) is 66.6 cm³/mol. The standard InChI is InChI=1S/C13H15N3O2/c1-18-12(11-5-3-2-4-6-11)13(17)14-7-10-8-15-16-9-10/h2-6,8-9,12H,7H2,1H3,(H,14,17)(H,15,16). The molecule has 5 nitrogen and oxygen atoms in total. The number of nitrogens with zero attached hydrogens (tertiary/aromatic N) is 1. The summed E-state index contributed by atoms with van der Waals surface area (Å²) in [4.78, 5) is 12.0. The number of ether oxygens (including phenoxy) is 1. The van der Waals surface area contributed by atoms with E-state index in [2.05, 4.69) is 15.5 Å². The third-order valence-corrected chi connectivity index (χ3v) is 2.60. The maximum Gasteiger partial charge on any atom is 0.254 e. The first-order valence-corrected chi connectivity index (χ1v) is 5.64. The van der Waals surface area contributed by atoms with Crippen molar-refractivity contribution >= 4 is 5.91 Å². The lowest BCUT2D eigenvalue weighted by Crippen LogP contribution is -2.29. The molecule has 2 aromatic rings. The summed E-state index contributed by atoms with van der Waals surface area (Å²) in [6.07, 6.45) is 2.83. The van der Waals surface area contributed by atoms with E-state index in [9.17, 15) is 4.79 Å². The summed E-state index contributed by atoms with van der Waals surface area (Å²) in [7, 11) is 1.52. The van der Waals surface area contributed by atoms with Gasteiger partial charge in [-0.05, 0) is 5.56 Å². The predicted octanol–water partition coefficient (Wildman–Crippen LogP) is 1.41. The minimum atomic E-state index is -0.585. The second-order valence-corrected chi connectivity index (χ2v) is 3.85. The average Bonchev–Trinajstić information content (AvgIpc) is 2.92. The lowest BCUT2D eigenvalue weighted by atomic mass is 10.1. The summed E-state index contributed by atoms with van der Waals surface area (Å²) < 4.78 is 5.23. The number of H-pyrrole nitrogens is 1. The van der Waals surface area contributed by atoms with Gasteiger partial charge < -0.3 is 10.1 Å². The van der Waals surface area contributed by atoms with E-state index in [-0.39, 0.29) is 5.91 Å². The third kappa shape index (κ3) is 2.95. The smallest absolute Gasteiger partial charge is 0.254 e. The highest BCUT2D eigenvalue weighted by Crippen LogP contribution is 2.16. The fourth-order valence-corrected chi connectivity index (χ4v) is 1.68. The van der Waals surface area contributed by atoms with Crippen LogP contribution >= 0.6 is 0 Å². The Morgan fingerprint density at radius 2 is 2.22 bits per heavy atom. The lowest BCUT2D eigenvalue weighted by Gasteiger charge is -2.15. The molecule has 1 amide bonds. The lowest BCUT2D eigenvalue weighted by molar-refractivity contribution is -0.131. The molecule has 0 spiro atoms. The van der Waals surface area contributed by atoms with Crippen LogP contribution in [0.3, 0.4) is 0 Å². The molecular weight excluding hydrogens is 230 g/mol. The van der Waals surface area contributed by atoms with Crippen LogP contribution in [0.2, 0.25) is 0 Å². The van der Waals surface area contributed by atoms with Gasteiger partial charge >= 0.3 is 0 Å². The Balaban J connectivity index is 1.98. The van der Waals surface area contributed by atoms with Gasteiger partial charge in [0.25, 0.3) is 5.91 Å². The van der Waals surface area contributed by atoms with Gasteiger partial charge in [-0.3, -0.25) is 9.89 Å². The number of methoxy groups -OCH3 is 1. The van der Waals surface area contributed by atoms with E-state index in [1.54, 1.807) is 12.4 Å². The molecule has 94 valence electrons. The van der Waals surface area contributed by atoms with Gasteiger partial charge in [0, 0.05) is 25.4 Å². The zero-order valence-corrected chi connectivity index (χ0v) is 10.1. The fraction of sp³-hybridized carbons (Fsp3) is 0.231. The Bertz CT molecular complexity index is 482. The molecule has 1 atom stereocenters. The van der Waals surface area contributed by atoms with Crippen molar-refractivity contribution in [2.24, 2.45) is 0 Å². The van der Waals surface area contributed by atoms with Crippen LogP contribution in [0, 0.1) is 0 Å². The molecule has 1 unspecified atom stereocenters. The molecule has 1 aromatic heterocycles. The van der Waals surface area contributed by atoms with Crippen molar-refractivity contribution in [1.82, 2.24) is 15.5 Å². The van der Waals surface area contributed by atoms with Crippen molar-refractivity contribution in [2.75, 3.05) is 7.11 Å². The van der Waals surface area contributed by atoms with Crippen molar-refractivity contribution in [3.63, 3.8) is 0 Å². The molecule has 0 fully saturated rings. The molecule has 1 aromatic carbocycles. The first-order chi connectivity index (χ1) is 8.81. The molecule has 0 saturated carbocycles. The van der Waals surface area contributed by atoms with Gasteiger partial charge in [0.1, 0.15) is 0 Å². The van der Waals surface area contributed by atoms with Crippen LogP contribution in [0.15, 0.2) is 42.7 Å². The number of hydrogen-bond acceptors (Lipinski definition) is 3. The van der Waals surface area contributed by atoms with E-state index < -0.39 is 6.10 Å². The molecule has 0 aliphatic rings. The van der Waals surface area contributed by atoms with Crippen LogP contribution in [0.5, 0.6) is 0 Å². The average molecular weight is 245 g/mol. The molecule has 0 aliphatic heterocycles. The minimum absolute atomic E-state index is 0.162. The minimum Gasteiger partial charge on any atom is -0.367 e. The third-order valence-electron chi connectivity index (χ3n) is 2.60. The van der Waals surface area contributed by atoms with E-state index >= 15 is 0 Å². The van der Waals surface area contributed by atoms with Crippen LogP contribution < -0.4 is 5.32 Å². The number of aromatic amines is 1. The van der Waals surface area contributed by atoms with E-state index in [1.165, 1.54) is 7.11 Å². The molecule has 0 radical (unpaired) electrons. The highest BCUT2D eigenvalue weighted by atomic mass is 16.5. The second kappa shape index (κ2) is 5.97. The summed E-state index contributed by atoms with van der Waals surface area (Å²) in [6, 6.07) is 9.40. The van der Waals surface area contributed by atoms with Crippen LogP contribution in [0.1, 0.15) is 17.2 Å². The second-order valence-electron chi connectivity index (χ2n) is 3.85. The van der Waals surface area contributed by atoms with Crippen molar-refractivity contribution in [3.05, 3.63) is 53.9 Å². The number of nitrogens with one attached hydrogen (secondary N) is 2. The quantitative estimate of drug-likeness (QED) is 0.837. The maximum absolute atomic E-state index is 12.0. The molecule has 18 heavy (non-hydrogen) atoms. The van der Waals surface area contributed by atoms with E-state index in [0.717, 1.165) is 11.1 Å². The summed E-state index contributed by atoms with van der Waals surface area (Å²) in [5, 5.41) is 9.32. The van der Waals surface area contributed by atoms with E-state index in [4.69, 9.17) is 4.74 Å². The van der Waals surface area contributed by atoms with Gasteiger partial charge in [0.2, 0.25) is 0 Å². The number of aromatic nitrogens is 2. The van der Waals surface area contributed by atoms with Crippen molar-refractivity contribution in [2.45, 2.75) is 12.6 Å². The molecular formula is C13H15N3O2. The highest BCUT2D eigenvalue weighted by Gasteiger charge is 2.19. The Hall–Kier alpha value is -2.14. The van der Waals surface area contributed by atoms with Gasteiger partial charge in [-0.25, -0.2) is 0 Å². The zero-order valence-electron chi connectivity index (χ0n) is 10.1. The highest BCUT2D eigenvalue weighted by molar-refractivity contribution is 5.82. The largest absolute Gasteiger partial charge is 0.367 e. The maximum atomic E-state index is 12.0. The fourth-order valence-electron chi connectivity index (χ4n) is 1.68. The number of carbonyl (C=O) groups is 1. The molecule has 1 heterocycles. The van der Waals surface area contributed by atoms with Crippen LogP contribution in [0.25, 0.3) is 0 Å². The molecule has 2 N–H and O–H groups in total. The van der Waals surface area contributed by atoms with E-state index in [0.29, 0.717) is 6.54 Å². The van der Waals surface area contributed by atoms with Crippen molar-refractivity contribution in [3.8, 4) is 0 Å². The van der Waals surface area contributed by atoms with Crippen molar-refractivity contribution < 1.29 is 9.53 Å². The summed E-state index contributed by atoms with van der Waals surface area (Å²) in [6.45, 7) is 0.433. The van der Waals surface area contributed by atoms with E-state index in [1.807, 2.05) is 30.3 Å². The number of benzene rings is 1. The SMILES string of the molecule is COC(C(=O)NCc1cn[nH]c1)c1ccccc1. The first kappa shape index (κ1) is 12.3. The number of amides is 1. The topological polar surface area (TPSA) is 67.0 Å². The van der Waals surface area contributed by atoms with Gasteiger partial charge in [0.15, 0.2) is 6.10 Å². The van der Waals surface area contributed by atoms with Gasteiger partial charge in [-0.15, -0.1) is 0 Å². The van der Waals surface area contributed by atoms with Crippen molar-refractivity contribution in [1.29, 1.82) is 0 Å². The summed E-state index contributed by atoms with van der Waals surface area (Å²) in [5.74, 6) is -0.162. The molecule has 0 saturated heterocycles. The van der Waals surface area contributed by atoms with Gasteiger partial charge in [0.05, 0.1) is 6.20 Å². The Morgan fingerprint density at radius 3 is 2.83 bits per heavy atom. The Labute approximate surface area is 105 Å². The van der Waals surface area contributed by atoms with Crippen LogP contribution in [-0.2, 0) is 16.1 Å². The normalized spacial score (nSPS) is 12.1. The number of hydrogen-bond donors (Lipinski definition) is 2. The number of carbonyl (C=O) groups excluding carboxylic acids is 1. The Morgan fingerprint density at radius 1 is 1.44 bits per heavy atom. The summed E-state index contributed by atoms with van der Waals surface area (Å²) >= 11 is 0. The molecule has 0 aliphatic carbocycles.